The van der Waals surface area contributed by atoms with E-state index >= 15 is 0 Å². The zero-order valence-corrected chi connectivity index (χ0v) is 15.6. The van der Waals surface area contributed by atoms with Crippen LogP contribution < -0.4 is 16.4 Å². The number of anilines is 1. The minimum absolute atomic E-state index is 0. The number of amides is 2. The molecule has 0 bridgehead atoms. The van der Waals surface area contributed by atoms with Crippen LogP contribution in [-0.2, 0) is 16.1 Å². The van der Waals surface area contributed by atoms with Gasteiger partial charge in [-0.15, -0.1) is 23.7 Å². The summed E-state index contributed by atoms with van der Waals surface area (Å²) in [6.45, 7) is 0.481. The molecule has 1 heterocycles. The summed E-state index contributed by atoms with van der Waals surface area (Å²) in [5.74, 6) is -1.04. The Morgan fingerprint density at radius 3 is 2.46 bits per heavy atom. The zero-order valence-electron chi connectivity index (χ0n) is 14.0. The number of nitrogens with zero attached hydrogens (tertiary/aromatic N) is 1. The minimum Gasteiger partial charge on any atom is -0.469 e. The molecule has 8 nitrogen and oxygen atoms in total. The number of carbonyl (C=O) groups is 3. The van der Waals surface area contributed by atoms with Crippen LogP contribution in [0.25, 0.3) is 0 Å². The summed E-state index contributed by atoms with van der Waals surface area (Å²) in [6.07, 6.45) is 0.106. The lowest BCUT2D eigenvalue weighted by Gasteiger charge is -2.06. The summed E-state index contributed by atoms with van der Waals surface area (Å²) in [6, 6.07) is 6.39. The van der Waals surface area contributed by atoms with Crippen LogP contribution in [0.5, 0.6) is 0 Å². The van der Waals surface area contributed by atoms with Gasteiger partial charge in [0.2, 0.25) is 0 Å². The number of ether oxygens (including phenoxy) is 1. The van der Waals surface area contributed by atoms with Gasteiger partial charge in [0.1, 0.15) is 10.7 Å². The van der Waals surface area contributed by atoms with Crippen LogP contribution in [0.15, 0.2) is 29.6 Å². The topological polar surface area (TPSA) is 123 Å². The van der Waals surface area contributed by atoms with Crippen LogP contribution >= 0.6 is 23.7 Å². The summed E-state index contributed by atoms with van der Waals surface area (Å²) in [7, 11) is 1.29. The number of carbonyl (C=O) groups excluding carboxylic acids is 3. The van der Waals surface area contributed by atoms with Crippen molar-refractivity contribution >= 4 is 47.2 Å². The lowest BCUT2D eigenvalue weighted by atomic mass is 10.2. The van der Waals surface area contributed by atoms with Crippen molar-refractivity contribution in [2.24, 2.45) is 5.73 Å². The van der Waals surface area contributed by atoms with Gasteiger partial charge in [-0.1, -0.05) is 0 Å². The van der Waals surface area contributed by atoms with Crippen LogP contribution in [0, 0.1) is 0 Å². The zero-order chi connectivity index (χ0) is 18.2. The monoisotopic (exact) mass is 398 g/mol. The Hall–Kier alpha value is -2.49. The molecule has 10 heteroatoms. The Morgan fingerprint density at radius 2 is 1.88 bits per heavy atom. The largest absolute Gasteiger partial charge is 0.469 e. The number of nitrogens with two attached hydrogens (primary N) is 1. The number of rotatable bonds is 7. The molecular formula is C16H19ClN4O4S. The maximum Gasteiger partial charge on any atom is 0.307 e. The predicted molar refractivity (Wildman–Crippen MR) is 101 cm³/mol. The number of hydrogen-bond acceptors (Lipinski definition) is 7. The normalized spacial score (nSPS) is 9.77. The van der Waals surface area contributed by atoms with Gasteiger partial charge in [0.15, 0.2) is 0 Å². The van der Waals surface area contributed by atoms with Gasteiger partial charge in [-0.25, -0.2) is 4.98 Å². The van der Waals surface area contributed by atoms with E-state index in [0.717, 1.165) is 0 Å². The fourth-order valence-corrected chi connectivity index (χ4v) is 2.55. The van der Waals surface area contributed by atoms with E-state index in [9.17, 15) is 14.4 Å². The smallest absolute Gasteiger partial charge is 0.307 e. The second kappa shape index (κ2) is 10.5. The molecule has 0 aliphatic rings. The van der Waals surface area contributed by atoms with Crippen molar-refractivity contribution in [1.82, 2.24) is 10.3 Å². The van der Waals surface area contributed by atoms with Gasteiger partial charge in [-0.2, -0.15) is 0 Å². The van der Waals surface area contributed by atoms with E-state index in [-0.39, 0.29) is 43.7 Å². The van der Waals surface area contributed by atoms with Gasteiger partial charge in [0, 0.05) is 29.7 Å². The van der Waals surface area contributed by atoms with Gasteiger partial charge in [0.05, 0.1) is 13.5 Å². The lowest BCUT2D eigenvalue weighted by molar-refractivity contribution is -0.140. The molecule has 4 N–H and O–H groups in total. The lowest BCUT2D eigenvalue weighted by Crippen LogP contribution is -2.26. The van der Waals surface area contributed by atoms with Crippen molar-refractivity contribution in [3.05, 3.63) is 45.9 Å². The molecule has 2 rings (SSSR count). The second-order valence-corrected chi connectivity index (χ2v) is 5.89. The SMILES string of the molecule is COC(=O)CCNC(=O)c1ccc(NC(=O)c2csc(CN)n2)cc1.Cl. The fourth-order valence-electron chi connectivity index (χ4n) is 1.89. The average Bonchev–Trinajstić information content (AvgIpc) is 3.11. The Balaban J connectivity index is 0.00000338. The third-order valence-corrected chi connectivity index (χ3v) is 4.08. The molecule has 0 radical (unpaired) electrons. The number of halogens is 1. The van der Waals surface area contributed by atoms with Crippen LogP contribution in [0.3, 0.4) is 0 Å². The third kappa shape index (κ3) is 6.10. The first kappa shape index (κ1) is 21.6. The van der Waals surface area contributed by atoms with Crippen molar-refractivity contribution < 1.29 is 19.1 Å². The molecule has 2 aromatic rings. The molecule has 0 atom stereocenters. The number of aromatic nitrogens is 1. The van der Waals surface area contributed by atoms with E-state index in [1.54, 1.807) is 29.6 Å². The van der Waals surface area contributed by atoms with Crippen molar-refractivity contribution in [3.8, 4) is 0 Å². The number of hydrogen-bond donors (Lipinski definition) is 3. The molecule has 0 spiro atoms. The fraction of sp³-hybridized carbons (Fsp3) is 0.250. The maximum absolute atomic E-state index is 12.1. The number of nitrogens with one attached hydrogen (secondary N) is 2. The maximum atomic E-state index is 12.1. The molecule has 0 saturated heterocycles. The quantitative estimate of drug-likeness (QED) is 0.608. The second-order valence-electron chi connectivity index (χ2n) is 4.94. The highest BCUT2D eigenvalue weighted by Crippen LogP contribution is 2.13. The van der Waals surface area contributed by atoms with Crippen molar-refractivity contribution in [2.75, 3.05) is 19.0 Å². The highest BCUT2D eigenvalue weighted by Gasteiger charge is 2.11. The first-order valence-electron chi connectivity index (χ1n) is 7.44. The highest BCUT2D eigenvalue weighted by molar-refractivity contribution is 7.09. The molecule has 140 valence electrons. The van der Waals surface area contributed by atoms with Gasteiger partial charge in [0.25, 0.3) is 11.8 Å². The number of esters is 1. The molecule has 0 aliphatic carbocycles. The number of methoxy groups -OCH3 is 1. The molecule has 0 fully saturated rings. The van der Waals surface area contributed by atoms with Crippen molar-refractivity contribution in [2.45, 2.75) is 13.0 Å². The number of thiazole rings is 1. The van der Waals surface area contributed by atoms with E-state index < -0.39 is 5.97 Å². The Kier molecular flexibility index (Phi) is 8.70. The summed E-state index contributed by atoms with van der Waals surface area (Å²) in [5.41, 5.74) is 6.73. The van der Waals surface area contributed by atoms with E-state index in [0.29, 0.717) is 22.0 Å². The highest BCUT2D eigenvalue weighted by atomic mass is 35.5. The van der Waals surface area contributed by atoms with Crippen molar-refractivity contribution in [3.63, 3.8) is 0 Å². The summed E-state index contributed by atoms with van der Waals surface area (Å²) < 4.78 is 4.49. The number of benzene rings is 1. The van der Waals surface area contributed by atoms with Gasteiger partial charge in [-0.3, -0.25) is 14.4 Å². The molecule has 1 aromatic carbocycles. The van der Waals surface area contributed by atoms with E-state index in [1.165, 1.54) is 18.4 Å². The molecule has 0 saturated carbocycles. The van der Waals surface area contributed by atoms with Gasteiger partial charge in [-0.05, 0) is 24.3 Å². The molecule has 2 amide bonds. The van der Waals surface area contributed by atoms with Crippen molar-refractivity contribution in [1.29, 1.82) is 0 Å². The van der Waals surface area contributed by atoms with Gasteiger partial charge < -0.3 is 21.1 Å². The van der Waals surface area contributed by atoms with Gasteiger partial charge >= 0.3 is 5.97 Å². The summed E-state index contributed by atoms with van der Waals surface area (Å²) >= 11 is 1.32. The predicted octanol–water partition coefficient (Wildman–Crippen LogP) is 1.57. The Labute approximate surface area is 160 Å². The summed E-state index contributed by atoms with van der Waals surface area (Å²) in [5, 5.41) is 7.63. The molecule has 26 heavy (non-hydrogen) atoms. The minimum atomic E-state index is -0.391. The summed E-state index contributed by atoms with van der Waals surface area (Å²) in [4.78, 5) is 39.1. The van der Waals surface area contributed by atoms with E-state index in [2.05, 4.69) is 20.4 Å². The van der Waals surface area contributed by atoms with Crippen LogP contribution in [0.1, 0.15) is 32.3 Å². The molecule has 0 unspecified atom stereocenters. The van der Waals surface area contributed by atoms with Crippen LogP contribution in [-0.4, -0.2) is 36.4 Å². The third-order valence-electron chi connectivity index (χ3n) is 3.21. The average molecular weight is 399 g/mol. The Bertz CT molecular complexity index is 764. The first-order valence-corrected chi connectivity index (χ1v) is 8.32. The molecule has 0 aliphatic heterocycles. The Morgan fingerprint density at radius 1 is 1.19 bits per heavy atom. The van der Waals surface area contributed by atoms with Crippen LogP contribution in [0.2, 0.25) is 0 Å². The van der Waals surface area contributed by atoms with E-state index in [4.69, 9.17) is 5.73 Å². The first-order chi connectivity index (χ1) is 12.0. The van der Waals surface area contributed by atoms with E-state index in [1.807, 2.05) is 0 Å². The molecule has 1 aromatic heterocycles. The van der Waals surface area contributed by atoms with Crippen LogP contribution in [0.4, 0.5) is 5.69 Å². The molecular weight excluding hydrogens is 380 g/mol. The standard InChI is InChI=1S/C16H18N4O4S.ClH/c1-24-14(21)6-7-18-15(22)10-2-4-11(5-3-10)19-16(23)12-9-25-13(8-17)20-12;/h2-5,9H,6-8,17H2,1H3,(H,18,22)(H,19,23);1H.